The summed E-state index contributed by atoms with van der Waals surface area (Å²) >= 11 is 6.95. The van der Waals surface area contributed by atoms with Crippen molar-refractivity contribution < 1.29 is 0 Å². The van der Waals surface area contributed by atoms with Gasteiger partial charge in [-0.05, 0) is 18.8 Å². The minimum Gasteiger partial charge on any atom is -0.197 e. The van der Waals surface area contributed by atoms with Gasteiger partial charge in [0.05, 0.1) is 6.07 Å². The molecule has 1 fully saturated rings. The molecule has 1 unspecified atom stereocenters. The van der Waals surface area contributed by atoms with Crippen molar-refractivity contribution in [3.05, 3.63) is 0 Å². The summed E-state index contributed by atoms with van der Waals surface area (Å²) in [5.74, 6) is 0.852. The first-order valence-electron chi connectivity index (χ1n) is 6.36. The van der Waals surface area contributed by atoms with Crippen molar-refractivity contribution >= 4 is 31.9 Å². The highest BCUT2D eigenvalue weighted by Gasteiger charge is 2.26. The van der Waals surface area contributed by atoms with E-state index < -0.39 is 0 Å². The van der Waals surface area contributed by atoms with Gasteiger partial charge < -0.3 is 0 Å². The molecule has 1 aliphatic carbocycles. The smallest absolute Gasteiger partial charge is 0.122 e. The van der Waals surface area contributed by atoms with Crippen LogP contribution in [0.5, 0.6) is 0 Å². The number of alkyl halides is 2. The number of rotatable bonds is 4. The molecular formula is C13H21Br2N. The Morgan fingerprint density at radius 3 is 2.19 bits per heavy atom. The minimum absolute atomic E-state index is 0.338. The van der Waals surface area contributed by atoms with E-state index in [1.807, 2.05) is 0 Å². The highest BCUT2D eigenvalue weighted by Crippen LogP contribution is 2.32. The van der Waals surface area contributed by atoms with Gasteiger partial charge in [-0.1, -0.05) is 76.8 Å². The van der Waals surface area contributed by atoms with Crippen LogP contribution >= 0.6 is 31.9 Å². The molecule has 1 nitrogen and oxygen atoms in total. The maximum atomic E-state index is 9.09. The second-order valence-electron chi connectivity index (χ2n) is 4.96. The molecule has 0 aromatic heterocycles. The summed E-state index contributed by atoms with van der Waals surface area (Å²) in [6.07, 6.45) is 11.9. The maximum absolute atomic E-state index is 9.09. The lowest BCUT2D eigenvalue weighted by molar-refractivity contribution is 0.347. The number of nitriles is 1. The third-order valence-corrected chi connectivity index (χ3v) is 6.15. The zero-order valence-electron chi connectivity index (χ0n) is 9.85. The molecule has 1 saturated carbocycles. The molecule has 92 valence electrons. The largest absolute Gasteiger partial charge is 0.197 e. The van der Waals surface area contributed by atoms with E-state index in [-0.39, 0.29) is 4.32 Å². The van der Waals surface area contributed by atoms with E-state index >= 15 is 0 Å². The molecule has 0 saturated heterocycles. The molecule has 0 N–H and O–H groups in total. The lowest BCUT2D eigenvalue weighted by Gasteiger charge is -2.23. The molecule has 0 bridgehead atoms. The van der Waals surface area contributed by atoms with Crippen molar-refractivity contribution in [2.75, 3.05) is 5.33 Å². The number of hydrogen-bond donors (Lipinski definition) is 0. The summed E-state index contributed by atoms with van der Waals surface area (Å²) in [5, 5.41) is 9.81. The second kappa shape index (κ2) is 7.71. The van der Waals surface area contributed by atoms with Crippen LogP contribution in [0.15, 0.2) is 0 Å². The molecule has 1 atom stereocenters. The predicted octanol–water partition coefficient (Wildman–Crippen LogP) is 5.18. The number of hydrogen-bond acceptors (Lipinski definition) is 1. The topological polar surface area (TPSA) is 23.8 Å². The highest BCUT2D eigenvalue weighted by atomic mass is 79.9. The monoisotopic (exact) mass is 349 g/mol. The third-order valence-electron chi connectivity index (χ3n) is 3.59. The van der Waals surface area contributed by atoms with E-state index in [9.17, 15) is 0 Å². The summed E-state index contributed by atoms with van der Waals surface area (Å²) in [5.41, 5.74) is 0. The first-order chi connectivity index (χ1) is 7.70. The fraction of sp³-hybridized carbons (Fsp3) is 0.923. The van der Waals surface area contributed by atoms with Crippen LogP contribution in [0.4, 0.5) is 0 Å². The van der Waals surface area contributed by atoms with E-state index in [1.165, 1.54) is 51.4 Å². The van der Waals surface area contributed by atoms with Gasteiger partial charge in [-0.25, -0.2) is 0 Å². The average Bonchev–Trinajstić information content (AvgIpc) is 2.27. The number of nitrogens with zero attached hydrogens (tertiary/aromatic N) is 1. The van der Waals surface area contributed by atoms with Crippen LogP contribution in [-0.4, -0.2) is 9.65 Å². The summed E-state index contributed by atoms with van der Waals surface area (Å²) in [6.45, 7) is 0. The van der Waals surface area contributed by atoms with E-state index in [4.69, 9.17) is 5.26 Å². The molecule has 16 heavy (non-hydrogen) atoms. The summed E-state index contributed by atoms with van der Waals surface area (Å²) in [4.78, 5) is 0. The average molecular weight is 351 g/mol. The van der Waals surface area contributed by atoms with Crippen LogP contribution in [0, 0.1) is 17.2 Å². The van der Waals surface area contributed by atoms with Crippen molar-refractivity contribution in [3.8, 4) is 6.07 Å². The predicted molar refractivity (Wildman–Crippen MR) is 76.1 cm³/mol. The van der Waals surface area contributed by atoms with E-state index in [1.54, 1.807) is 0 Å². The second-order valence-corrected chi connectivity index (χ2v) is 7.04. The van der Waals surface area contributed by atoms with Crippen LogP contribution in [0.3, 0.4) is 0 Å². The first kappa shape index (κ1) is 14.5. The van der Waals surface area contributed by atoms with Gasteiger partial charge in [0.15, 0.2) is 0 Å². The lowest BCUT2D eigenvalue weighted by Crippen LogP contribution is -2.21. The van der Waals surface area contributed by atoms with Crippen molar-refractivity contribution in [2.24, 2.45) is 5.92 Å². The molecule has 1 rings (SSSR count). The molecule has 0 aliphatic heterocycles. The molecule has 0 amide bonds. The van der Waals surface area contributed by atoms with Gasteiger partial charge in [-0.3, -0.25) is 0 Å². The van der Waals surface area contributed by atoms with Gasteiger partial charge in [-0.2, -0.15) is 5.26 Å². The van der Waals surface area contributed by atoms with Crippen LogP contribution in [-0.2, 0) is 0 Å². The first-order valence-corrected chi connectivity index (χ1v) is 8.28. The van der Waals surface area contributed by atoms with Crippen LogP contribution in [0.2, 0.25) is 0 Å². The van der Waals surface area contributed by atoms with E-state index in [2.05, 4.69) is 37.9 Å². The molecule has 3 heteroatoms. The van der Waals surface area contributed by atoms with Crippen molar-refractivity contribution in [1.29, 1.82) is 5.26 Å². The SMILES string of the molecule is N#CC(Br)(CBr)CCC1CCCCCCC1. The zero-order valence-corrected chi connectivity index (χ0v) is 13.0. The van der Waals surface area contributed by atoms with Crippen molar-refractivity contribution in [2.45, 2.75) is 62.1 Å². The molecule has 0 spiro atoms. The Morgan fingerprint density at radius 2 is 1.69 bits per heavy atom. The maximum Gasteiger partial charge on any atom is 0.122 e. The summed E-state index contributed by atoms with van der Waals surface area (Å²) < 4.78 is -0.338. The quantitative estimate of drug-likeness (QED) is 0.641. The van der Waals surface area contributed by atoms with Crippen LogP contribution in [0.25, 0.3) is 0 Å². The Kier molecular flexibility index (Phi) is 7.00. The van der Waals surface area contributed by atoms with Gasteiger partial charge in [-0.15, -0.1) is 0 Å². The molecule has 0 radical (unpaired) electrons. The Balaban J connectivity index is 2.32. The van der Waals surface area contributed by atoms with Gasteiger partial charge >= 0.3 is 0 Å². The lowest BCUT2D eigenvalue weighted by atomic mass is 9.86. The van der Waals surface area contributed by atoms with Gasteiger partial charge in [0.1, 0.15) is 4.32 Å². The highest BCUT2D eigenvalue weighted by molar-refractivity contribution is 9.12. The van der Waals surface area contributed by atoms with E-state index in [0.717, 1.165) is 17.7 Å². The Bertz CT molecular complexity index is 229. The zero-order chi connectivity index (χ0) is 11.9. The fourth-order valence-electron chi connectivity index (χ4n) is 2.41. The Morgan fingerprint density at radius 1 is 1.12 bits per heavy atom. The molecule has 1 aliphatic rings. The van der Waals surface area contributed by atoms with E-state index in [0.29, 0.717) is 0 Å². The van der Waals surface area contributed by atoms with Crippen LogP contribution < -0.4 is 0 Å². The Labute approximate surface area is 116 Å². The van der Waals surface area contributed by atoms with Gasteiger partial charge in [0.2, 0.25) is 0 Å². The van der Waals surface area contributed by atoms with Crippen LogP contribution in [0.1, 0.15) is 57.8 Å². The van der Waals surface area contributed by atoms with Gasteiger partial charge in [0.25, 0.3) is 0 Å². The minimum atomic E-state index is -0.338. The molecular weight excluding hydrogens is 330 g/mol. The standard InChI is InChI=1S/C13H21Br2N/c14-10-13(15,11-16)9-8-12-6-4-2-1-3-5-7-12/h12H,1-10H2. The normalized spacial score (nSPS) is 22.8. The molecule has 0 aromatic rings. The van der Waals surface area contributed by atoms with Crippen molar-refractivity contribution in [3.63, 3.8) is 0 Å². The number of halogens is 2. The summed E-state index contributed by atoms with van der Waals surface area (Å²) in [6, 6.07) is 2.37. The van der Waals surface area contributed by atoms with Gasteiger partial charge in [0, 0.05) is 5.33 Å². The molecule has 0 heterocycles. The summed E-state index contributed by atoms with van der Waals surface area (Å²) in [7, 11) is 0. The third kappa shape index (κ3) is 5.19. The fourth-order valence-corrected chi connectivity index (χ4v) is 3.05. The molecule has 0 aromatic carbocycles. The Hall–Kier alpha value is 0.450. The van der Waals surface area contributed by atoms with Crippen molar-refractivity contribution in [1.82, 2.24) is 0 Å².